The molecule has 1 radical (unpaired) electrons. The molecule has 1 aliphatic rings. The summed E-state index contributed by atoms with van der Waals surface area (Å²) in [7, 11) is -4.24. The van der Waals surface area contributed by atoms with Crippen LogP contribution in [0.4, 0.5) is 23.2 Å². The number of ether oxygens (including phenoxy) is 1. The molecule has 0 fully saturated rings. The standard InChI is InChI=1S/C23H18F4N3O4S/c1-3-13-5-4-6-19(20(13)24)34-18-8-7-14(29-35(32,33)23(25,26)27)11-16(18)17-12-30(2)22(31)21-15(17)9-10-28-21/h4-12,29H,3H2,1-2H3. The van der Waals surface area contributed by atoms with Crippen LogP contribution in [0.2, 0.25) is 0 Å². The number of aromatic nitrogens is 1. The molecule has 2 heterocycles. The molecule has 0 saturated heterocycles. The molecule has 2 aromatic carbocycles. The van der Waals surface area contributed by atoms with Gasteiger partial charge in [-0.2, -0.15) is 21.6 Å². The zero-order chi connectivity index (χ0) is 25.5. The molecule has 4 rings (SSSR count). The molecule has 0 bridgehead atoms. The minimum Gasteiger partial charge on any atom is -0.454 e. The highest BCUT2D eigenvalue weighted by Crippen LogP contribution is 2.36. The smallest absolute Gasteiger partial charge is 0.454 e. The summed E-state index contributed by atoms with van der Waals surface area (Å²) in [4.78, 5) is 16.5. The van der Waals surface area contributed by atoms with Crippen LogP contribution in [-0.2, 0) is 23.5 Å². The third kappa shape index (κ3) is 4.53. The van der Waals surface area contributed by atoms with Crippen molar-refractivity contribution in [1.82, 2.24) is 4.57 Å². The molecule has 3 aromatic rings. The van der Waals surface area contributed by atoms with Crippen LogP contribution in [0.15, 0.2) is 52.4 Å². The number of alkyl halides is 3. The second-order valence-electron chi connectivity index (χ2n) is 7.61. The van der Waals surface area contributed by atoms with Crippen molar-refractivity contribution in [3.05, 3.63) is 81.5 Å². The van der Waals surface area contributed by atoms with Crippen LogP contribution in [0, 0.1) is 12.4 Å². The molecule has 0 saturated carbocycles. The van der Waals surface area contributed by atoms with Gasteiger partial charge < -0.3 is 9.30 Å². The fourth-order valence-corrected chi connectivity index (χ4v) is 4.11. The average Bonchev–Trinajstić information content (AvgIpc) is 3.28. The predicted octanol–water partition coefficient (Wildman–Crippen LogP) is 3.38. The fraction of sp³-hybridized carbons (Fsp3) is 0.174. The van der Waals surface area contributed by atoms with E-state index in [-0.39, 0.29) is 22.4 Å². The number of benzene rings is 2. The Balaban J connectivity index is 1.93. The van der Waals surface area contributed by atoms with Gasteiger partial charge in [-0.05, 0) is 42.3 Å². The Morgan fingerprint density at radius 2 is 1.86 bits per heavy atom. The van der Waals surface area contributed by atoms with Crippen LogP contribution >= 0.6 is 0 Å². The lowest BCUT2D eigenvalue weighted by Crippen LogP contribution is -2.43. The van der Waals surface area contributed by atoms with Gasteiger partial charge in [0.05, 0.1) is 6.54 Å². The molecule has 1 aliphatic heterocycles. The number of fused-ring (bicyclic) bond motifs is 1. The quantitative estimate of drug-likeness (QED) is 0.517. The molecule has 0 atom stereocenters. The van der Waals surface area contributed by atoms with Gasteiger partial charge in [0.1, 0.15) is 11.1 Å². The Hall–Kier alpha value is -3.67. The zero-order valence-corrected chi connectivity index (χ0v) is 19.2. The first-order valence-corrected chi connectivity index (χ1v) is 11.7. The summed E-state index contributed by atoms with van der Waals surface area (Å²) >= 11 is 0. The van der Waals surface area contributed by atoms with E-state index < -0.39 is 32.6 Å². The van der Waals surface area contributed by atoms with Crippen LogP contribution in [-0.4, -0.2) is 18.5 Å². The van der Waals surface area contributed by atoms with Gasteiger partial charge in [0.2, 0.25) is 0 Å². The SMILES string of the molecule is CCc1cccc(Oc2ccc(NS(=O)(=O)C(F)(F)F)cc2-c2cn(C)c(=O)c3c2=C[CH]N=3)c1F. The maximum Gasteiger partial charge on any atom is 0.516 e. The summed E-state index contributed by atoms with van der Waals surface area (Å²) in [5, 5.41) is 0.452. The maximum absolute atomic E-state index is 14.8. The number of hydrogen-bond acceptors (Lipinski definition) is 5. The number of anilines is 1. The Labute approximate surface area is 197 Å². The fourth-order valence-electron chi connectivity index (χ4n) is 3.56. The Morgan fingerprint density at radius 3 is 2.54 bits per heavy atom. The molecule has 183 valence electrons. The van der Waals surface area contributed by atoms with Crippen molar-refractivity contribution in [2.24, 2.45) is 12.0 Å². The molecule has 35 heavy (non-hydrogen) atoms. The Morgan fingerprint density at radius 1 is 1.11 bits per heavy atom. The Kier molecular flexibility index (Phi) is 6.18. The molecule has 0 amide bonds. The highest BCUT2D eigenvalue weighted by atomic mass is 32.2. The van der Waals surface area contributed by atoms with E-state index in [1.807, 2.05) is 0 Å². The number of aryl methyl sites for hydroxylation is 2. The third-order valence-corrected chi connectivity index (χ3v) is 6.42. The van der Waals surface area contributed by atoms with E-state index in [1.54, 1.807) is 19.1 Å². The number of halogens is 4. The zero-order valence-electron chi connectivity index (χ0n) is 18.4. The lowest BCUT2D eigenvalue weighted by molar-refractivity contribution is -0.0429. The first-order valence-electron chi connectivity index (χ1n) is 10.2. The molecule has 0 aliphatic carbocycles. The van der Waals surface area contributed by atoms with E-state index in [4.69, 9.17) is 4.74 Å². The summed E-state index contributed by atoms with van der Waals surface area (Å²) in [6.07, 6.45) is 3.34. The lowest BCUT2D eigenvalue weighted by atomic mass is 10.0. The van der Waals surface area contributed by atoms with E-state index in [1.165, 1.54) is 47.3 Å². The molecule has 12 heteroatoms. The molecule has 0 spiro atoms. The summed E-state index contributed by atoms with van der Waals surface area (Å²) in [5.74, 6) is -0.715. The predicted molar refractivity (Wildman–Crippen MR) is 121 cm³/mol. The van der Waals surface area contributed by atoms with Crippen LogP contribution in [0.25, 0.3) is 17.2 Å². The van der Waals surface area contributed by atoms with Crippen LogP contribution in [0.3, 0.4) is 0 Å². The largest absolute Gasteiger partial charge is 0.516 e. The van der Waals surface area contributed by atoms with E-state index in [0.29, 0.717) is 22.8 Å². The second kappa shape index (κ2) is 8.84. The van der Waals surface area contributed by atoms with E-state index in [9.17, 15) is 30.8 Å². The maximum atomic E-state index is 14.8. The van der Waals surface area contributed by atoms with Crippen LogP contribution in [0.5, 0.6) is 11.5 Å². The van der Waals surface area contributed by atoms with Crippen LogP contribution in [0.1, 0.15) is 12.5 Å². The summed E-state index contributed by atoms with van der Waals surface area (Å²) in [5.41, 5.74) is -5.54. The summed E-state index contributed by atoms with van der Waals surface area (Å²) in [6, 6.07) is 7.96. The normalized spacial score (nSPS) is 13.1. The van der Waals surface area contributed by atoms with E-state index in [2.05, 4.69) is 4.99 Å². The van der Waals surface area contributed by atoms with Gasteiger partial charge in [-0.25, -0.2) is 4.39 Å². The number of hydrogen-bond donors (Lipinski definition) is 1. The highest BCUT2D eigenvalue weighted by Gasteiger charge is 2.46. The van der Waals surface area contributed by atoms with Crippen molar-refractivity contribution in [2.75, 3.05) is 4.72 Å². The van der Waals surface area contributed by atoms with Gasteiger partial charge in [-0.15, -0.1) is 0 Å². The monoisotopic (exact) mass is 508 g/mol. The minimum atomic E-state index is -5.70. The van der Waals surface area contributed by atoms with Crippen LogP contribution < -0.4 is 25.6 Å². The van der Waals surface area contributed by atoms with Crippen molar-refractivity contribution in [1.29, 1.82) is 0 Å². The van der Waals surface area contributed by atoms with Crippen molar-refractivity contribution < 1.29 is 30.7 Å². The van der Waals surface area contributed by atoms with Gasteiger partial charge in [0.25, 0.3) is 5.56 Å². The third-order valence-electron chi connectivity index (χ3n) is 5.31. The number of rotatable bonds is 6. The molecule has 1 aromatic heterocycles. The summed E-state index contributed by atoms with van der Waals surface area (Å²) < 4.78 is 85.5. The number of nitrogens with one attached hydrogen (secondary N) is 1. The first kappa shape index (κ1) is 24.5. The minimum absolute atomic E-state index is 0.0215. The van der Waals surface area contributed by atoms with Crippen molar-refractivity contribution in [3.63, 3.8) is 0 Å². The topological polar surface area (TPSA) is 89.8 Å². The van der Waals surface area contributed by atoms with Crippen molar-refractivity contribution in [2.45, 2.75) is 18.9 Å². The molecule has 0 unspecified atom stereocenters. The van der Waals surface area contributed by atoms with Gasteiger partial charge in [-0.1, -0.05) is 19.1 Å². The lowest BCUT2D eigenvalue weighted by Gasteiger charge is -2.17. The molecule has 7 nitrogen and oxygen atoms in total. The highest BCUT2D eigenvalue weighted by molar-refractivity contribution is 7.93. The van der Waals surface area contributed by atoms with Crippen molar-refractivity contribution >= 4 is 21.8 Å². The molecule has 1 N–H and O–H groups in total. The number of pyridine rings is 1. The number of nitrogens with zero attached hydrogens (tertiary/aromatic N) is 2. The van der Waals surface area contributed by atoms with Crippen molar-refractivity contribution in [3.8, 4) is 22.6 Å². The van der Waals surface area contributed by atoms with Gasteiger partial charge >= 0.3 is 15.5 Å². The van der Waals surface area contributed by atoms with Gasteiger partial charge in [-0.3, -0.25) is 14.5 Å². The second-order valence-corrected chi connectivity index (χ2v) is 9.29. The van der Waals surface area contributed by atoms with Gasteiger partial charge in [0, 0.05) is 35.3 Å². The summed E-state index contributed by atoms with van der Waals surface area (Å²) in [6.45, 7) is 3.15. The first-order chi connectivity index (χ1) is 16.4. The molecular formula is C23H18F4N3O4S. The number of sulfonamides is 1. The Bertz CT molecular complexity index is 1610. The van der Waals surface area contributed by atoms with E-state index in [0.717, 1.165) is 12.1 Å². The molecular weight excluding hydrogens is 490 g/mol. The van der Waals surface area contributed by atoms with E-state index >= 15 is 0 Å². The average molecular weight is 508 g/mol. The van der Waals surface area contributed by atoms with Gasteiger partial charge in [0.15, 0.2) is 11.6 Å².